The number of piperidine rings is 1. The molecule has 0 spiro atoms. The molecule has 3 aliphatic heterocycles. The Morgan fingerprint density at radius 3 is 2.58 bits per heavy atom. The summed E-state index contributed by atoms with van der Waals surface area (Å²) in [5.41, 5.74) is 2.00. The molecule has 2 aromatic rings. The number of rotatable bonds is 4. The quantitative estimate of drug-likeness (QED) is 0.652. The number of anilines is 2. The summed E-state index contributed by atoms with van der Waals surface area (Å²) in [4.78, 5) is 37.9. The Morgan fingerprint density at radius 2 is 1.88 bits per heavy atom. The molecular weight excluding hydrogens is 462 g/mol. The van der Waals surface area contributed by atoms with E-state index in [0.29, 0.717) is 49.3 Å². The fourth-order valence-corrected chi connectivity index (χ4v) is 5.77. The van der Waals surface area contributed by atoms with Crippen molar-refractivity contribution in [3.05, 3.63) is 39.8 Å². The Kier molecular flexibility index (Phi) is 6.82. The molecule has 1 amide bonds. The molecule has 3 saturated heterocycles. The Bertz CT molecular complexity index is 990. The van der Waals surface area contributed by atoms with Gasteiger partial charge in [-0.1, -0.05) is 11.6 Å². The second-order valence-electron chi connectivity index (χ2n) is 8.68. The van der Waals surface area contributed by atoms with E-state index in [1.807, 2.05) is 16.3 Å². The van der Waals surface area contributed by atoms with Gasteiger partial charge >= 0.3 is 0 Å². The SMILES string of the molecule is O=C1CC(N2CCN(C(=O)c3nccs3)CC2)CN(c2ccc(N3CCOCC3)c(Cl)c2)C1. The van der Waals surface area contributed by atoms with Crippen LogP contribution in [0.2, 0.25) is 5.02 Å². The van der Waals surface area contributed by atoms with Crippen molar-refractivity contribution in [2.75, 3.05) is 75.4 Å². The van der Waals surface area contributed by atoms with E-state index in [2.05, 4.69) is 31.8 Å². The standard InChI is InChI=1S/C23H28ClN5O3S/c24-20-14-17(1-2-21(20)27-8-10-32-11-9-27)29-15-18(13-19(30)16-29)26-4-6-28(7-5-26)23(31)22-25-3-12-33-22/h1-3,12,14,18H,4-11,13,15-16H2. The zero-order chi connectivity index (χ0) is 22.8. The second kappa shape index (κ2) is 9.97. The zero-order valence-electron chi connectivity index (χ0n) is 18.5. The van der Waals surface area contributed by atoms with Crippen LogP contribution in [0.5, 0.6) is 0 Å². The van der Waals surface area contributed by atoms with Crippen LogP contribution in [0.25, 0.3) is 0 Å². The van der Waals surface area contributed by atoms with E-state index < -0.39 is 0 Å². The number of nitrogens with zero attached hydrogens (tertiary/aromatic N) is 5. The van der Waals surface area contributed by atoms with Crippen LogP contribution in [0, 0.1) is 0 Å². The van der Waals surface area contributed by atoms with E-state index in [-0.39, 0.29) is 17.7 Å². The van der Waals surface area contributed by atoms with Crippen LogP contribution in [0.15, 0.2) is 29.8 Å². The van der Waals surface area contributed by atoms with Crippen molar-refractivity contribution in [2.45, 2.75) is 12.5 Å². The van der Waals surface area contributed by atoms with E-state index in [1.54, 1.807) is 6.20 Å². The summed E-state index contributed by atoms with van der Waals surface area (Å²) in [6.07, 6.45) is 2.21. The molecule has 4 heterocycles. The number of thiazole rings is 1. The predicted molar refractivity (Wildman–Crippen MR) is 130 cm³/mol. The summed E-state index contributed by atoms with van der Waals surface area (Å²) in [6.45, 7) is 7.12. The van der Waals surface area contributed by atoms with Crippen LogP contribution in [0.3, 0.4) is 0 Å². The summed E-state index contributed by atoms with van der Waals surface area (Å²) in [5.74, 6) is 0.238. The Morgan fingerprint density at radius 1 is 1.09 bits per heavy atom. The molecule has 0 N–H and O–H groups in total. The number of piperazine rings is 1. The molecular formula is C23H28ClN5O3S. The van der Waals surface area contributed by atoms with Crippen molar-refractivity contribution in [3.63, 3.8) is 0 Å². The molecule has 0 radical (unpaired) electrons. The third-order valence-corrected chi connectivity index (χ3v) is 7.71. The van der Waals surface area contributed by atoms with Crippen molar-refractivity contribution in [3.8, 4) is 0 Å². The summed E-state index contributed by atoms with van der Waals surface area (Å²) < 4.78 is 5.44. The molecule has 0 saturated carbocycles. The van der Waals surface area contributed by atoms with Gasteiger partial charge in [-0.15, -0.1) is 11.3 Å². The Labute approximate surface area is 202 Å². The predicted octanol–water partition coefficient (Wildman–Crippen LogP) is 2.24. The number of morpholine rings is 1. The first-order valence-corrected chi connectivity index (χ1v) is 12.7. The number of ether oxygens (including phenoxy) is 1. The van der Waals surface area contributed by atoms with Gasteiger partial charge in [0.05, 0.1) is 30.5 Å². The summed E-state index contributed by atoms with van der Waals surface area (Å²) in [6, 6.07) is 6.24. The number of benzene rings is 1. The minimum Gasteiger partial charge on any atom is -0.378 e. The molecule has 1 unspecified atom stereocenters. The third-order valence-electron chi connectivity index (χ3n) is 6.64. The molecule has 1 aromatic heterocycles. The van der Waals surface area contributed by atoms with Crippen LogP contribution >= 0.6 is 22.9 Å². The summed E-state index contributed by atoms with van der Waals surface area (Å²) >= 11 is 8.02. The lowest BCUT2D eigenvalue weighted by atomic mass is 10.0. The first-order chi connectivity index (χ1) is 16.1. The van der Waals surface area contributed by atoms with Crippen molar-refractivity contribution in [2.24, 2.45) is 0 Å². The molecule has 5 rings (SSSR count). The fraction of sp³-hybridized carbons (Fsp3) is 0.522. The van der Waals surface area contributed by atoms with E-state index in [1.165, 1.54) is 11.3 Å². The number of amides is 1. The van der Waals surface area contributed by atoms with Crippen molar-refractivity contribution >= 4 is 46.0 Å². The number of ketones is 1. The van der Waals surface area contributed by atoms with Gasteiger partial charge in [-0.25, -0.2) is 4.98 Å². The normalized spacial score (nSPS) is 22.6. The van der Waals surface area contributed by atoms with E-state index in [4.69, 9.17) is 16.3 Å². The number of hydrogen-bond acceptors (Lipinski definition) is 8. The van der Waals surface area contributed by atoms with E-state index in [9.17, 15) is 9.59 Å². The molecule has 8 nitrogen and oxygen atoms in total. The lowest BCUT2D eigenvalue weighted by Crippen LogP contribution is -2.57. The van der Waals surface area contributed by atoms with E-state index in [0.717, 1.165) is 44.1 Å². The van der Waals surface area contributed by atoms with Gasteiger partial charge in [0, 0.05) is 75.5 Å². The maximum atomic E-state index is 12.6. The molecule has 1 atom stereocenters. The largest absolute Gasteiger partial charge is 0.378 e. The molecule has 0 aliphatic carbocycles. The van der Waals surface area contributed by atoms with Gasteiger partial charge in [-0.05, 0) is 18.2 Å². The van der Waals surface area contributed by atoms with Gasteiger partial charge in [0.2, 0.25) is 0 Å². The highest BCUT2D eigenvalue weighted by molar-refractivity contribution is 7.11. The molecule has 10 heteroatoms. The fourth-order valence-electron chi connectivity index (χ4n) is 4.87. The van der Waals surface area contributed by atoms with Gasteiger partial charge < -0.3 is 19.4 Å². The van der Waals surface area contributed by atoms with Gasteiger partial charge in [-0.3, -0.25) is 14.5 Å². The van der Waals surface area contributed by atoms with Gasteiger partial charge in [-0.2, -0.15) is 0 Å². The van der Waals surface area contributed by atoms with Crippen LogP contribution in [0.4, 0.5) is 11.4 Å². The lowest BCUT2D eigenvalue weighted by molar-refractivity contribution is -0.120. The Hall–Kier alpha value is -2.20. The number of carbonyl (C=O) groups is 2. The van der Waals surface area contributed by atoms with Crippen molar-refractivity contribution in [1.82, 2.24) is 14.8 Å². The number of hydrogen-bond donors (Lipinski definition) is 0. The average Bonchev–Trinajstić information content (AvgIpc) is 3.39. The topological polar surface area (TPSA) is 69.2 Å². The van der Waals surface area contributed by atoms with Crippen molar-refractivity contribution < 1.29 is 14.3 Å². The van der Waals surface area contributed by atoms with Crippen LogP contribution in [-0.4, -0.2) is 98.1 Å². The highest BCUT2D eigenvalue weighted by Crippen LogP contribution is 2.32. The zero-order valence-corrected chi connectivity index (χ0v) is 20.1. The molecule has 176 valence electrons. The number of aromatic nitrogens is 1. The molecule has 3 aliphatic rings. The summed E-state index contributed by atoms with van der Waals surface area (Å²) in [7, 11) is 0. The van der Waals surface area contributed by atoms with Gasteiger partial charge in [0.1, 0.15) is 0 Å². The van der Waals surface area contributed by atoms with Crippen LogP contribution in [-0.2, 0) is 9.53 Å². The Balaban J connectivity index is 1.22. The van der Waals surface area contributed by atoms with Gasteiger partial charge in [0.15, 0.2) is 10.8 Å². The average molecular weight is 490 g/mol. The first kappa shape index (κ1) is 22.6. The van der Waals surface area contributed by atoms with Crippen LogP contribution < -0.4 is 9.80 Å². The van der Waals surface area contributed by atoms with Gasteiger partial charge in [0.25, 0.3) is 5.91 Å². The van der Waals surface area contributed by atoms with Crippen molar-refractivity contribution in [1.29, 1.82) is 0 Å². The molecule has 1 aromatic carbocycles. The minimum absolute atomic E-state index is 0.000923. The highest BCUT2D eigenvalue weighted by atomic mass is 35.5. The molecule has 33 heavy (non-hydrogen) atoms. The molecule has 0 bridgehead atoms. The first-order valence-electron chi connectivity index (χ1n) is 11.4. The maximum absolute atomic E-state index is 12.6. The number of Topliss-reactive ketones (excluding diaryl/α,β-unsaturated/α-hetero) is 1. The lowest BCUT2D eigenvalue weighted by Gasteiger charge is -2.43. The summed E-state index contributed by atoms with van der Waals surface area (Å²) in [5, 5.41) is 3.07. The monoisotopic (exact) mass is 489 g/mol. The molecule has 3 fully saturated rings. The highest BCUT2D eigenvalue weighted by Gasteiger charge is 2.33. The van der Waals surface area contributed by atoms with E-state index >= 15 is 0 Å². The van der Waals surface area contributed by atoms with Crippen LogP contribution in [0.1, 0.15) is 16.2 Å². The number of carbonyl (C=O) groups excluding carboxylic acids is 2. The number of halogens is 1. The maximum Gasteiger partial charge on any atom is 0.282 e. The second-order valence-corrected chi connectivity index (χ2v) is 9.98. The smallest absolute Gasteiger partial charge is 0.282 e. The third kappa shape index (κ3) is 5.01. The minimum atomic E-state index is 0.000923.